The number of benzene rings is 2. The number of rotatable bonds is 4. The molecule has 0 saturated heterocycles. The maximum absolute atomic E-state index is 12.1. The monoisotopic (exact) mass is 268 g/mol. The first-order chi connectivity index (χ1) is 9.58. The van der Waals surface area contributed by atoms with Crippen molar-refractivity contribution < 1.29 is 4.79 Å². The number of hydrogen-bond donors (Lipinski definition) is 2. The van der Waals surface area contributed by atoms with Gasteiger partial charge in [0.2, 0.25) is 5.91 Å². The van der Waals surface area contributed by atoms with Gasteiger partial charge in [-0.15, -0.1) is 0 Å². The van der Waals surface area contributed by atoms with Gasteiger partial charge < -0.3 is 10.6 Å². The lowest BCUT2D eigenvalue weighted by Crippen LogP contribution is -2.32. The van der Waals surface area contributed by atoms with E-state index in [9.17, 15) is 4.79 Å². The molecule has 0 saturated carbocycles. The van der Waals surface area contributed by atoms with Crippen molar-refractivity contribution in [3.05, 3.63) is 59.7 Å². The minimum Gasteiger partial charge on any atom is -0.374 e. The Labute approximate surface area is 120 Å². The highest BCUT2D eigenvalue weighted by Crippen LogP contribution is 2.19. The summed E-state index contributed by atoms with van der Waals surface area (Å²) in [7, 11) is 0. The van der Waals surface area contributed by atoms with Crippen LogP contribution in [0.2, 0.25) is 0 Å². The standard InChI is InChI=1S/C17H20N2O/c1-12-8-7-11-16(13(12)2)18-14(3)17(20)19-15-9-5-4-6-10-15/h4-11,14,18H,1-3H3,(H,19,20)/t14-/m1/s1. The first kappa shape index (κ1) is 14.1. The van der Waals surface area contributed by atoms with Gasteiger partial charge in [0.05, 0.1) is 0 Å². The highest BCUT2D eigenvalue weighted by molar-refractivity contribution is 5.96. The third-order valence-corrected chi connectivity index (χ3v) is 3.41. The van der Waals surface area contributed by atoms with Crippen LogP contribution in [0.3, 0.4) is 0 Å². The Hall–Kier alpha value is -2.29. The second-order valence-electron chi connectivity index (χ2n) is 4.97. The van der Waals surface area contributed by atoms with Crippen LogP contribution in [-0.4, -0.2) is 11.9 Å². The summed E-state index contributed by atoms with van der Waals surface area (Å²) in [5, 5.41) is 6.15. The van der Waals surface area contributed by atoms with E-state index in [1.54, 1.807) is 0 Å². The van der Waals surface area contributed by atoms with Crippen LogP contribution >= 0.6 is 0 Å². The number of carbonyl (C=O) groups excluding carboxylic acids is 1. The molecule has 0 aliphatic heterocycles. The van der Waals surface area contributed by atoms with E-state index in [-0.39, 0.29) is 11.9 Å². The molecule has 20 heavy (non-hydrogen) atoms. The average Bonchev–Trinajstić information content (AvgIpc) is 2.45. The molecular formula is C17H20N2O. The van der Waals surface area contributed by atoms with Crippen molar-refractivity contribution in [3.63, 3.8) is 0 Å². The minimum absolute atomic E-state index is 0.0443. The molecule has 0 aliphatic rings. The SMILES string of the molecule is Cc1cccc(N[C@H](C)C(=O)Nc2ccccc2)c1C. The second-order valence-corrected chi connectivity index (χ2v) is 4.97. The summed E-state index contributed by atoms with van der Waals surface area (Å²) in [5.41, 5.74) is 4.20. The van der Waals surface area contributed by atoms with Gasteiger partial charge in [-0.2, -0.15) is 0 Å². The number of aryl methyl sites for hydroxylation is 1. The van der Waals surface area contributed by atoms with Gasteiger partial charge >= 0.3 is 0 Å². The van der Waals surface area contributed by atoms with Gasteiger partial charge in [-0.25, -0.2) is 0 Å². The average molecular weight is 268 g/mol. The molecule has 0 bridgehead atoms. The first-order valence-electron chi connectivity index (χ1n) is 6.76. The predicted molar refractivity (Wildman–Crippen MR) is 84.1 cm³/mol. The van der Waals surface area contributed by atoms with Gasteiger partial charge in [0.15, 0.2) is 0 Å². The van der Waals surface area contributed by atoms with Crippen molar-refractivity contribution in [1.29, 1.82) is 0 Å². The van der Waals surface area contributed by atoms with Gasteiger partial charge in [-0.3, -0.25) is 4.79 Å². The van der Waals surface area contributed by atoms with Crippen LogP contribution in [-0.2, 0) is 4.79 Å². The molecule has 0 heterocycles. The number of anilines is 2. The Morgan fingerprint density at radius 1 is 1.00 bits per heavy atom. The van der Waals surface area contributed by atoms with Crippen molar-refractivity contribution in [3.8, 4) is 0 Å². The molecule has 2 rings (SSSR count). The van der Waals surface area contributed by atoms with Crippen LogP contribution in [0.4, 0.5) is 11.4 Å². The molecule has 1 atom stereocenters. The molecule has 2 aromatic carbocycles. The van der Waals surface area contributed by atoms with E-state index in [0.29, 0.717) is 0 Å². The van der Waals surface area contributed by atoms with E-state index in [2.05, 4.69) is 30.5 Å². The summed E-state index contributed by atoms with van der Waals surface area (Å²) in [6.07, 6.45) is 0. The zero-order valence-corrected chi connectivity index (χ0v) is 12.1. The van der Waals surface area contributed by atoms with Crippen LogP contribution in [0.1, 0.15) is 18.1 Å². The topological polar surface area (TPSA) is 41.1 Å². The first-order valence-corrected chi connectivity index (χ1v) is 6.76. The zero-order chi connectivity index (χ0) is 14.5. The number of nitrogens with one attached hydrogen (secondary N) is 2. The van der Waals surface area contributed by atoms with Gasteiger partial charge in [-0.05, 0) is 50.1 Å². The third-order valence-electron chi connectivity index (χ3n) is 3.41. The molecule has 3 nitrogen and oxygen atoms in total. The van der Waals surface area contributed by atoms with Crippen LogP contribution < -0.4 is 10.6 Å². The van der Waals surface area contributed by atoms with E-state index in [1.807, 2.05) is 49.4 Å². The van der Waals surface area contributed by atoms with E-state index in [1.165, 1.54) is 11.1 Å². The molecule has 3 heteroatoms. The van der Waals surface area contributed by atoms with Gasteiger partial charge in [0, 0.05) is 11.4 Å². The van der Waals surface area contributed by atoms with Crippen molar-refractivity contribution in [2.75, 3.05) is 10.6 Å². The van der Waals surface area contributed by atoms with E-state index in [0.717, 1.165) is 11.4 Å². The fraction of sp³-hybridized carbons (Fsp3) is 0.235. The highest BCUT2D eigenvalue weighted by Gasteiger charge is 2.13. The molecule has 2 aromatic rings. The fourth-order valence-electron chi connectivity index (χ4n) is 1.98. The molecule has 1 amide bonds. The molecule has 0 aromatic heterocycles. The van der Waals surface area contributed by atoms with Crippen molar-refractivity contribution in [1.82, 2.24) is 0 Å². The molecule has 2 N–H and O–H groups in total. The summed E-state index contributed by atoms with van der Waals surface area (Å²) < 4.78 is 0. The summed E-state index contributed by atoms with van der Waals surface area (Å²) >= 11 is 0. The van der Waals surface area contributed by atoms with Gasteiger partial charge in [0.1, 0.15) is 6.04 Å². The minimum atomic E-state index is -0.296. The molecule has 0 aliphatic carbocycles. The molecular weight excluding hydrogens is 248 g/mol. The molecule has 0 fully saturated rings. The maximum atomic E-state index is 12.1. The molecule has 0 radical (unpaired) electrons. The van der Waals surface area contributed by atoms with Crippen LogP contribution in [0.15, 0.2) is 48.5 Å². The third kappa shape index (κ3) is 3.38. The second kappa shape index (κ2) is 6.24. The largest absolute Gasteiger partial charge is 0.374 e. The number of carbonyl (C=O) groups is 1. The molecule has 104 valence electrons. The lowest BCUT2D eigenvalue weighted by Gasteiger charge is -2.17. The lowest BCUT2D eigenvalue weighted by atomic mass is 10.1. The molecule has 0 unspecified atom stereocenters. The normalized spacial score (nSPS) is 11.8. The Kier molecular flexibility index (Phi) is 4.41. The quantitative estimate of drug-likeness (QED) is 0.886. The lowest BCUT2D eigenvalue weighted by molar-refractivity contribution is -0.116. The summed E-state index contributed by atoms with van der Waals surface area (Å²) in [6.45, 7) is 5.98. The van der Waals surface area contributed by atoms with Crippen molar-refractivity contribution in [2.45, 2.75) is 26.8 Å². The molecule has 0 spiro atoms. The van der Waals surface area contributed by atoms with Crippen LogP contribution in [0, 0.1) is 13.8 Å². The van der Waals surface area contributed by atoms with E-state index < -0.39 is 0 Å². The summed E-state index contributed by atoms with van der Waals surface area (Å²) in [4.78, 5) is 12.1. The van der Waals surface area contributed by atoms with Crippen molar-refractivity contribution >= 4 is 17.3 Å². The Morgan fingerprint density at radius 2 is 1.70 bits per heavy atom. The fourth-order valence-corrected chi connectivity index (χ4v) is 1.98. The Bertz CT molecular complexity index is 593. The van der Waals surface area contributed by atoms with E-state index >= 15 is 0 Å². The Balaban J connectivity index is 2.03. The summed E-state index contributed by atoms with van der Waals surface area (Å²) in [5.74, 6) is -0.0443. The maximum Gasteiger partial charge on any atom is 0.246 e. The zero-order valence-electron chi connectivity index (χ0n) is 12.1. The van der Waals surface area contributed by atoms with Crippen LogP contribution in [0.25, 0.3) is 0 Å². The van der Waals surface area contributed by atoms with Crippen molar-refractivity contribution in [2.24, 2.45) is 0 Å². The summed E-state index contributed by atoms with van der Waals surface area (Å²) in [6, 6.07) is 15.2. The number of amides is 1. The van der Waals surface area contributed by atoms with Crippen LogP contribution in [0.5, 0.6) is 0 Å². The van der Waals surface area contributed by atoms with E-state index in [4.69, 9.17) is 0 Å². The Morgan fingerprint density at radius 3 is 2.40 bits per heavy atom. The predicted octanol–water partition coefficient (Wildman–Crippen LogP) is 3.74. The van der Waals surface area contributed by atoms with Gasteiger partial charge in [-0.1, -0.05) is 30.3 Å². The smallest absolute Gasteiger partial charge is 0.246 e. The highest BCUT2D eigenvalue weighted by atomic mass is 16.2. The van der Waals surface area contributed by atoms with Gasteiger partial charge in [0.25, 0.3) is 0 Å². The number of hydrogen-bond acceptors (Lipinski definition) is 2. The number of para-hydroxylation sites is 1.